The maximum absolute atomic E-state index is 11.4. The van der Waals surface area contributed by atoms with Crippen LogP contribution in [-0.4, -0.2) is 29.6 Å². The van der Waals surface area contributed by atoms with E-state index in [1.807, 2.05) is 24.3 Å². The van der Waals surface area contributed by atoms with Crippen LogP contribution in [0.5, 0.6) is 5.75 Å². The van der Waals surface area contributed by atoms with Crippen molar-refractivity contribution in [1.29, 1.82) is 0 Å². The monoisotopic (exact) mass is 282 g/mol. The van der Waals surface area contributed by atoms with Gasteiger partial charge in [-0.3, -0.25) is 14.9 Å². The van der Waals surface area contributed by atoms with E-state index in [2.05, 4.69) is 10.2 Å². The smallest absolute Gasteiger partial charge is 0.286 e. The average Bonchev–Trinajstić information content (AvgIpc) is 2.70. The van der Waals surface area contributed by atoms with Gasteiger partial charge in [0.1, 0.15) is 19.0 Å². The summed E-state index contributed by atoms with van der Waals surface area (Å²) in [5.41, 5.74) is 0.977. The third-order valence-corrected chi connectivity index (χ3v) is 3.56. The number of amides is 2. The molecule has 1 aliphatic rings. The van der Waals surface area contributed by atoms with Crippen molar-refractivity contribution in [1.82, 2.24) is 5.32 Å². The molecule has 1 aliphatic heterocycles. The molecule has 3 N–H and O–H groups in total. The Kier molecular flexibility index (Phi) is 4.78. The molecule has 0 spiro atoms. The molecule has 1 heterocycles. The summed E-state index contributed by atoms with van der Waals surface area (Å²) >= 11 is 1.03. The van der Waals surface area contributed by atoms with Crippen molar-refractivity contribution in [3.05, 3.63) is 29.8 Å². The molecule has 0 aliphatic carbocycles. The second-order valence-corrected chi connectivity index (χ2v) is 5.13. The first-order chi connectivity index (χ1) is 9.19. The zero-order valence-corrected chi connectivity index (χ0v) is 10.9. The van der Waals surface area contributed by atoms with Crippen molar-refractivity contribution in [2.24, 2.45) is 5.90 Å². The van der Waals surface area contributed by atoms with Crippen molar-refractivity contribution in [2.45, 2.75) is 11.7 Å². The maximum Gasteiger partial charge on any atom is 0.286 e. The molecule has 1 aromatic carbocycles. The van der Waals surface area contributed by atoms with Gasteiger partial charge >= 0.3 is 0 Å². The van der Waals surface area contributed by atoms with Crippen LogP contribution in [0.1, 0.15) is 5.56 Å². The highest BCUT2D eigenvalue weighted by molar-refractivity contribution is 8.15. The minimum Gasteiger partial charge on any atom is -0.491 e. The van der Waals surface area contributed by atoms with Gasteiger partial charge in [-0.2, -0.15) is 0 Å². The quantitative estimate of drug-likeness (QED) is 0.594. The zero-order valence-electron chi connectivity index (χ0n) is 10.1. The molecule has 6 nitrogen and oxygen atoms in total. The van der Waals surface area contributed by atoms with Crippen molar-refractivity contribution >= 4 is 22.9 Å². The molecule has 1 aromatic rings. The number of ether oxygens (including phenoxy) is 1. The van der Waals surface area contributed by atoms with E-state index >= 15 is 0 Å². The number of hydrogen-bond donors (Lipinski definition) is 2. The first-order valence-electron chi connectivity index (χ1n) is 5.74. The van der Waals surface area contributed by atoms with Gasteiger partial charge in [0, 0.05) is 0 Å². The summed E-state index contributed by atoms with van der Waals surface area (Å²) in [6.45, 7) is 0.702. The lowest BCUT2D eigenvalue weighted by Gasteiger charge is -2.08. The Morgan fingerprint density at radius 3 is 2.53 bits per heavy atom. The fraction of sp³-hybridized carbons (Fsp3) is 0.333. The van der Waals surface area contributed by atoms with Gasteiger partial charge in [-0.05, 0) is 24.1 Å². The molecule has 2 rings (SSSR count). The second kappa shape index (κ2) is 6.55. The highest BCUT2D eigenvalue weighted by Gasteiger charge is 2.31. The third kappa shape index (κ3) is 3.95. The van der Waals surface area contributed by atoms with E-state index in [-0.39, 0.29) is 16.4 Å². The van der Waals surface area contributed by atoms with Gasteiger partial charge in [0.05, 0.1) is 5.25 Å². The first kappa shape index (κ1) is 13.9. The second-order valence-electron chi connectivity index (χ2n) is 3.95. The van der Waals surface area contributed by atoms with Crippen LogP contribution < -0.4 is 16.0 Å². The largest absolute Gasteiger partial charge is 0.491 e. The predicted molar refractivity (Wildman–Crippen MR) is 70.7 cm³/mol. The number of hydrogen-bond acceptors (Lipinski definition) is 6. The first-order valence-corrected chi connectivity index (χ1v) is 6.62. The van der Waals surface area contributed by atoms with Crippen molar-refractivity contribution in [2.75, 3.05) is 13.2 Å². The molecule has 0 saturated carbocycles. The van der Waals surface area contributed by atoms with E-state index in [1.165, 1.54) is 0 Å². The number of benzene rings is 1. The lowest BCUT2D eigenvalue weighted by atomic mass is 10.1. The topological polar surface area (TPSA) is 90.7 Å². The number of rotatable bonds is 6. The maximum atomic E-state index is 11.4. The third-order valence-electron chi connectivity index (χ3n) is 2.58. The van der Waals surface area contributed by atoms with Crippen LogP contribution >= 0.6 is 11.8 Å². The predicted octanol–water partition coefficient (Wildman–Crippen LogP) is 0.850. The number of nitrogens with two attached hydrogens (primary N) is 1. The molecule has 0 aromatic heterocycles. The van der Waals surface area contributed by atoms with Gasteiger partial charge < -0.3 is 9.57 Å². The van der Waals surface area contributed by atoms with Crippen LogP contribution in [0, 0.1) is 0 Å². The van der Waals surface area contributed by atoms with Crippen LogP contribution in [0.2, 0.25) is 0 Å². The van der Waals surface area contributed by atoms with Crippen LogP contribution in [0.25, 0.3) is 0 Å². The van der Waals surface area contributed by atoms with Crippen LogP contribution in [-0.2, 0) is 16.1 Å². The summed E-state index contributed by atoms with van der Waals surface area (Å²) in [5, 5.41) is 1.64. The molecule has 2 amide bonds. The lowest BCUT2D eigenvalue weighted by molar-refractivity contribution is -0.118. The minimum atomic E-state index is -0.343. The van der Waals surface area contributed by atoms with Crippen molar-refractivity contribution < 1.29 is 19.2 Å². The Morgan fingerprint density at radius 2 is 1.95 bits per heavy atom. The molecule has 7 heteroatoms. The highest BCUT2D eigenvalue weighted by atomic mass is 32.2. The molecule has 19 heavy (non-hydrogen) atoms. The van der Waals surface area contributed by atoms with Gasteiger partial charge in [0.15, 0.2) is 0 Å². The molecule has 1 atom stereocenters. The van der Waals surface area contributed by atoms with Gasteiger partial charge in [0.25, 0.3) is 5.24 Å². The number of imide groups is 1. The molecule has 0 bridgehead atoms. The molecule has 1 unspecified atom stereocenters. The lowest BCUT2D eigenvalue weighted by Crippen LogP contribution is -2.25. The van der Waals surface area contributed by atoms with E-state index < -0.39 is 0 Å². The van der Waals surface area contributed by atoms with Gasteiger partial charge in [-0.1, -0.05) is 23.9 Å². The van der Waals surface area contributed by atoms with Gasteiger partial charge in [-0.25, -0.2) is 5.90 Å². The van der Waals surface area contributed by atoms with E-state index in [0.717, 1.165) is 17.3 Å². The molecular weight excluding hydrogens is 268 g/mol. The van der Waals surface area contributed by atoms with Crippen molar-refractivity contribution in [3.63, 3.8) is 0 Å². The molecule has 1 saturated heterocycles. The van der Waals surface area contributed by atoms with E-state index in [4.69, 9.17) is 10.6 Å². The summed E-state index contributed by atoms with van der Waals surface area (Å²) < 4.78 is 5.37. The van der Waals surface area contributed by atoms with Crippen LogP contribution in [0.4, 0.5) is 4.79 Å². The summed E-state index contributed by atoms with van der Waals surface area (Å²) in [6, 6.07) is 7.36. The van der Waals surface area contributed by atoms with Crippen molar-refractivity contribution in [3.8, 4) is 5.75 Å². The van der Waals surface area contributed by atoms with E-state index in [0.29, 0.717) is 25.4 Å². The summed E-state index contributed by atoms with van der Waals surface area (Å²) in [7, 11) is 0. The van der Waals surface area contributed by atoms with Gasteiger partial charge in [0.2, 0.25) is 5.91 Å². The Balaban J connectivity index is 1.88. The fourth-order valence-electron chi connectivity index (χ4n) is 1.67. The Bertz CT molecular complexity index is 463. The molecular formula is C12H14N2O4S. The summed E-state index contributed by atoms with van der Waals surface area (Å²) in [6.07, 6.45) is 0.522. The van der Waals surface area contributed by atoms with E-state index in [1.54, 1.807) is 0 Å². The van der Waals surface area contributed by atoms with Crippen LogP contribution in [0.3, 0.4) is 0 Å². The average molecular weight is 282 g/mol. The standard InChI is InChI=1S/C12H14N2O4S/c13-18-6-5-17-9-3-1-8(2-4-9)7-10-11(15)14-12(16)19-10/h1-4,10H,5-7,13H2,(H,14,15,16). The fourth-order valence-corrected chi connectivity index (χ4v) is 2.53. The summed E-state index contributed by atoms with van der Waals surface area (Å²) in [5.74, 6) is 5.37. The van der Waals surface area contributed by atoms with Gasteiger partial charge in [-0.15, -0.1) is 0 Å². The Morgan fingerprint density at radius 1 is 1.21 bits per heavy atom. The van der Waals surface area contributed by atoms with Crippen LogP contribution in [0.15, 0.2) is 24.3 Å². The minimum absolute atomic E-state index is 0.226. The Hall–Kier alpha value is -1.57. The number of thioether (sulfide) groups is 1. The Labute approximate surface area is 114 Å². The zero-order chi connectivity index (χ0) is 13.7. The molecule has 102 valence electrons. The summed E-state index contributed by atoms with van der Waals surface area (Å²) in [4.78, 5) is 26.9. The normalized spacial score (nSPS) is 18.5. The molecule has 0 radical (unpaired) electrons. The SMILES string of the molecule is NOCCOc1ccc(CC2SC(=O)NC2=O)cc1. The number of carbonyl (C=O) groups excluding carboxylic acids is 2. The van der Waals surface area contributed by atoms with E-state index in [9.17, 15) is 9.59 Å². The number of nitrogens with one attached hydrogen (secondary N) is 1. The number of carbonyl (C=O) groups is 2. The molecule has 1 fully saturated rings. The highest BCUT2D eigenvalue weighted by Crippen LogP contribution is 2.23.